The summed E-state index contributed by atoms with van der Waals surface area (Å²) in [6.45, 7) is 2.25. The molecular weight excluding hydrogens is 414 g/mol. The van der Waals surface area contributed by atoms with Crippen molar-refractivity contribution in [2.45, 2.75) is 109 Å². The maximum atomic E-state index is 12.3. The summed E-state index contributed by atoms with van der Waals surface area (Å²) < 4.78 is 5.19. The SMILES string of the molecule is CCCCCCCCCCCCCCCC(=O)N[C@H]1COC(=O)/C(=C/c2ccccc2)[C@H]1O. The Morgan fingerprint density at radius 3 is 2.06 bits per heavy atom. The summed E-state index contributed by atoms with van der Waals surface area (Å²) in [6.07, 6.45) is 17.5. The average Bonchev–Trinajstić information content (AvgIpc) is 2.82. The van der Waals surface area contributed by atoms with Gasteiger partial charge in [0.15, 0.2) is 0 Å². The van der Waals surface area contributed by atoms with Crippen molar-refractivity contribution < 1.29 is 19.4 Å². The fourth-order valence-electron chi connectivity index (χ4n) is 4.25. The normalized spacial score (nSPS) is 19.5. The van der Waals surface area contributed by atoms with Crippen molar-refractivity contribution in [2.75, 3.05) is 6.61 Å². The molecule has 0 aromatic heterocycles. The first kappa shape index (κ1) is 27.1. The molecule has 2 N–H and O–H groups in total. The summed E-state index contributed by atoms with van der Waals surface area (Å²) in [7, 11) is 0. The van der Waals surface area contributed by atoms with E-state index in [0.717, 1.165) is 24.8 Å². The maximum absolute atomic E-state index is 12.3. The number of hydrogen-bond donors (Lipinski definition) is 2. The molecule has 0 radical (unpaired) electrons. The second-order valence-electron chi connectivity index (χ2n) is 9.22. The Labute approximate surface area is 200 Å². The molecule has 1 aromatic carbocycles. The van der Waals surface area contributed by atoms with Gasteiger partial charge in [-0.3, -0.25) is 4.79 Å². The van der Waals surface area contributed by atoms with Gasteiger partial charge in [-0.15, -0.1) is 0 Å². The highest BCUT2D eigenvalue weighted by Gasteiger charge is 2.35. The Morgan fingerprint density at radius 1 is 0.939 bits per heavy atom. The molecule has 1 aliphatic heterocycles. The molecule has 184 valence electrons. The number of aliphatic hydroxyl groups excluding tert-OH is 1. The summed E-state index contributed by atoms with van der Waals surface area (Å²) in [5.41, 5.74) is 0.987. The minimum Gasteiger partial charge on any atom is -0.460 e. The number of esters is 1. The first-order valence-corrected chi connectivity index (χ1v) is 13.0. The van der Waals surface area contributed by atoms with E-state index in [1.54, 1.807) is 6.08 Å². The monoisotopic (exact) mass is 457 g/mol. The number of ether oxygens (including phenoxy) is 1. The van der Waals surface area contributed by atoms with Crippen molar-refractivity contribution >= 4 is 18.0 Å². The predicted octanol–water partition coefficient (Wildman–Crippen LogP) is 5.95. The Balaban J connectivity index is 1.55. The second-order valence-corrected chi connectivity index (χ2v) is 9.22. The molecule has 2 atom stereocenters. The van der Waals surface area contributed by atoms with Crippen molar-refractivity contribution in [3.05, 3.63) is 41.5 Å². The number of hydrogen-bond acceptors (Lipinski definition) is 4. The smallest absolute Gasteiger partial charge is 0.336 e. The lowest BCUT2D eigenvalue weighted by Gasteiger charge is -2.29. The van der Waals surface area contributed by atoms with Gasteiger partial charge in [0.05, 0.1) is 11.6 Å². The molecule has 1 amide bonds. The van der Waals surface area contributed by atoms with E-state index in [4.69, 9.17) is 4.74 Å². The first-order chi connectivity index (χ1) is 16.1. The van der Waals surface area contributed by atoms with E-state index < -0.39 is 18.1 Å². The largest absolute Gasteiger partial charge is 0.460 e. The molecule has 1 aliphatic rings. The van der Waals surface area contributed by atoms with E-state index in [1.165, 1.54) is 64.2 Å². The number of cyclic esters (lactones) is 1. The van der Waals surface area contributed by atoms with Crippen LogP contribution in [0.15, 0.2) is 35.9 Å². The fourth-order valence-corrected chi connectivity index (χ4v) is 4.25. The van der Waals surface area contributed by atoms with Gasteiger partial charge in [-0.1, -0.05) is 114 Å². The number of aliphatic hydroxyl groups is 1. The second kappa shape index (κ2) is 16.5. The molecule has 0 aliphatic carbocycles. The number of unbranched alkanes of at least 4 members (excludes halogenated alkanes) is 12. The molecule has 2 rings (SSSR count). The molecule has 0 saturated carbocycles. The van der Waals surface area contributed by atoms with Crippen molar-refractivity contribution in [1.82, 2.24) is 5.32 Å². The number of amides is 1. The van der Waals surface area contributed by atoms with Gasteiger partial charge in [0, 0.05) is 6.42 Å². The molecule has 1 saturated heterocycles. The summed E-state index contributed by atoms with van der Waals surface area (Å²) in [5, 5.41) is 13.5. The molecule has 1 aromatic rings. The van der Waals surface area contributed by atoms with Crippen LogP contribution in [-0.4, -0.2) is 35.7 Å². The van der Waals surface area contributed by atoms with Crippen LogP contribution < -0.4 is 5.32 Å². The zero-order valence-electron chi connectivity index (χ0n) is 20.4. The van der Waals surface area contributed by atoms with Gasteiger partial charge < -0.3 is 15.2 Å². The van der Waals surface area contributed by atoms with Crippen LogP contribution in [0.4, 0.5) is 0 Å². The number of benzene rings is 1. The minimum absolute atomic E-state index is 0.00350. The Morgan fingerprint density at radius 2 is 1.48 bits per heavy atom. The zero-order valence-corrected chi connectivity index (χ0v) is 20.4. The van der Waals surface area contributed by atoms with Crippen LogP contribution in [0, 0.1) is 0 Å². The van der Waals surface area contributed by atoms with Gasteiger partial charge in [-0.2, -0.15) is 0 Å². The van der Waals surface area contributed by atoms with Crippen molar-refractivity contribution in [3.8, 4) is 0 Å². The summed E-state index contributed by atoms with van der Waals surface area (Å²) >= 11 is 0. The quantitative estimate of drug-likeness (QED) is 0.183. The molecule has 0 bridgehead atoms. The van der Waals surface area contributed by atoms with Gasteiger partial charge in [0.25, 0.3) is 0 Å². The highest BCUT2D eigenvalue weighted by atomic mass is 16.5. The van der Waals surface area contributed by atoms with E-state index in [1.807, 2.05) is 30.3 Å². The van der Waals surface area contributed by atoms with Gasteiger partial charge in [0.2, 0.25) is 5.91 Å². The maximum Gasteiger partial charge on any atom is 0.336 e. The number of carbonyl (C=O) groups excluding carboxylic acids is 2. The lowest BCUT2D eigenvalue weighted by Crippen LogP contribution is -2.51. The van der Waals surface area contributed by atoms with Gasteiger partial charge in [0.1, 0.15) is 12.7 Å². The molecule has 0 unspecified atom stereocenters. The molecule has 5 nitrogen and oxygen atoms in total. The third-order valence-corrected chi connectivity index (χ3v) is 6.30. The zero-order chi connectivity index (χ0) is 23.7. The van der Waals surface area contributed by atoms with E-state index in [0.29, 0.717) is 6.42 Å². The fraction of sp³-hybridized carbons (Fsp3) is 0.643. The average molecular weight is 458 g/mol. The molecule has 33 heavy (non-hydrogen) atoms. The van der Waals surface area contributed by atoms with Gasteiger partial charge in [-0.25, -0.2) is 4.79 Å². The predicted molar refractivity (Wildman–Crippen MR) is 134 cm³/mol. The molecule has 1 heterocycles. The van der Waals surface area contributed by atoms with Crippen LogP contribution >= 0.6 is 0 Å². The number of rotatable bonds is 16. The number of nitrogens with one attached hydrogen (secondary N) is 1. The third kappa shape index (κ3) is 11.0. The standard InChI is InChI=1S/C28H43NO4/c1-2-3-4-5-6-7-8-9-10-11-12-13-17-20-26(30)29-25-22-33-28(32)24(27(25)31)21-23-18-15-14-16-19-23/h14-16,18-19,21,25,27,31H,2-13,17,20,22H2,1H3,(H,29,30)/b24-21+/t25-,27+/m0/s1. The topological polar surface area (TPSA) is 75.6 Å². The van der Waals surface area contributed by atoms with E-state index in [9.17, 15) is 14.7 Å². The highest BCUT2D eigenvalue weighted by Crippen LogP contribution is 2.20. The van der Waals surface area contributed by atoms with Crippen molar-refractivity contribution in [3.63, 3.8) is 0 Å². The van der Waals surface area contributed by atoms with E-state index in [2.05, 4.69) is 12.2 Å². The summed E-state index contributed by atoms with van der Waals surface area (Å²) in [6, 6.07) is 8.71. The van der Waals surface area contributed by atoms with Gasteiger partial charge in [-0.05, 0) is 18.1 Å². The Kier molecular flexibility index (Phi) is 13.5. The molecule has 0 spiro atoms. The minimum atomic E-state index is -1.07. The van der Waals surface area contributed by atoms with Crippen molar-refractivity contribution in [2.24, 2.45) is 0 Å². The van der Waals surface area contributed by atoms with Crippen molar-refractivity contribution in [1.29, 1.82) is 0 Å². The lowest BCUT2D eigenvalue weighted by molar-refractivity contribution is -0.147. The molecule has 5 heteroatoms. The summed E-state index contributed by atoms with van der Waals surface area (Å²) in [4.78, 5) is 24.4. The summed E-state index contributed by atoms with van der Waals surface area (Å²) in [5.74, 6) is -0.632. The molecule has 1 fully saturated rings. The van der Waals surface area contributed by atoms with Gasteiger partial charge >= 0.3 is 5.97 Å². The van der Waals surface area contributed by atoms with Crippen LogP contribution in [0.1, 0.15) is 102 Å². The van der Waals surface area contributed by atoms with E-state index in [-0.39, 0.29) is 18.1 Å². The Bertz CT molecular complexity index is 716. The molecular formula is C28H43NO4. The van der Waals surface area contributed by atoms with E-state index >= 15 is 0 Å². The van der Waals surface area contributed by atoms with Crippen LogP contribution in [0.25, 0.3) is 6.08 Å². The van der Waals surface area contributed by atoms with Crippen LogP contribution in [-0.2, 0) is 14.3 Å². The third-order valence-electron chi connectivity index (χ3n) is 6.30. The van der Waals surface area contributed by atoms with Crippen LogP contribution in [0.2, 0.25) is 0 Å². The Hall–Kier alpha value is -2.14. The first-order valence-electron chi connectivity index (χ1n) is 13.0. The lowest BCUT2D eigenvalue weighted by atomic mass is 9.97. The van der Waals surface area contributed by atoms with Crippen LogP contribution in [0.5, 0.6) is 0 Å². The highest BCUT2D eigenvalue weighted by molar-refractivity contribution is 5.96. The number of carbonyl (C=O) groups is 2. The van der Waals surface area contributed by atoms with Crippen LogP contribution in [0.3, 0.4) is 0 Å².